The van der Waals surface area contributed by atoms with E-state index in [0.29, 0.717) is 6.54 Å². The molecule has 5 nitrogen and oxygen atoms in total. The second-order valence-electron chi connectivity index (χ2n) is 4.82. The fourth-order valence-corrected chi connectivity index (χ4v) is 2.41. The van der Waals surface area contributed by atoms with Gasteiger partial charge in [-0.3, -0.25) is 4.79 Å². The standard InChI is InChI=1S/C14H18N2O3S/c1-9(7-17)6-15-13(18)5-11-8-20-14(16-11)12-4-3-10(2)19-12/h3-4,8-9,17H,5-7H2,1-2H3,(H,15,18). The van der Waals surface area contributed by atoms with Crippen molar-refractivity contribution in [2.24, 2.45) is 5.92 Å². The Morgan fingerprint density at radius 1 is 1.55 bits per heavy atom. The molecule has 1 unspecified atom stereocenters. The minimum atomic E-state index is -0.0854. The first-order valence-electron chi connectivity index (χ1n) is 6.47. The Labute approximate surface area is 121 Å². The number of hydrogen-bond donors (Lipinski definition) is 2. The van der Waals surface area contributed by atoms with Crippen molar-refractivity contribution < 1.29 is 14.3 Å². The molecule has 108 valence electrons. The van der Waals surface area contributed by atoms with Crippen LogP contribution in [-0.4, -0.2) is 29.1 Å². The Hall–Kier alpha value is -1.66. The molecule has 1 amide bonds. The van der Waals surface area contributed by atoms with Gasteiger partial charge in [-0.1, -0.05) is 6.92 Å². The first-order chi connectivity index (χ1) is 9.58. The summed E-state index contributed by atoms with van der Waals surface area (Å²) in [6.45, 7) is 4.30. The highest BCUT2D eigenvalue weighted by atomic mass is 32.1. The van der Waals surface area contributed by atoms with Crippen molar-refractivity contribution >= 4 is 17.2 Å². The van der Waals surface area contributed by atoms with Crippen molar-refractivity contribution in [3.63, 3.8) is 0 Å². The third-order valence-corrected chi connectivity index (χ3v) is 3.71. The lowest BCUT2D eigenvalue weighted by Crippen LogP contribution is -2.30. The van der Waals surface area contributed by atoms with Crippen molar-refractivity contribution in [3.05, 3.63) is 29.0 Å². The molecule has 0 aromatic carbocycles. The van der Waals surface area contributed by atoms with E-state index in [2.05, 4.69) is 10.3 Å². The van der Waals surface area contributed by atoms with E-state index < -0.39 is 0 Å². The lowest BCUT2D eigenvalue weighted by Gasteiger charge is -2.08. The van der Waals surface area contributed by atoms with Crippen molar-refractivity contribution in [2.45, 2.75) is 20.3 Å². The summed E-state index contributed by atoms with van der Waals surface area (Å²) in [6, 6.07) is 3.76. The van der Waals surface area contributed by atoms with E-state index in [4.69, 9.17) is 9.52 Å². The van der Waals surface area contributed by atoms with Gasteiger partial charge >= 0.3 is 0 Å². The number of hydrogen-bond acceptors (Lipinski definition) is 5. The second-order valence-corrected chi connectivity index (χ2v) is 5.68. The Kier molecular flexibility index (Phi) is 4.92. The zero-order chi connectivity index (χ0) is 14.5. The molecule has 0 radical (unpaired) electrons. The van der Waals surface area contributed by atoms with Crippen LogP contribution in [0.25, 0.3) is 10.8 Å². The number of nitrogens with zero attached hydrogens (tertiary/aromatic N) is 1. The maximum Gasteiger partial charge on any atom is 0.226 e. The number of aromatic nitrogens is 1. The fourth-order valence-electron chi connectivity index (χ4n) is 1.63. The molecule has 2 heterocycles. The van der Waals surface area contributed by atoms with Crippen molar-refractivity contribution in [2.75, 3.05) is 13.2 Å². The van der Waals surface area contributed by atoms with Gasteiger partial charge in [-0.25, -0.2) is 4.98 Å². The van der Waals surface area contributed by atoms with Crippen LogP contribution < -0.4 is 5.32 Å². The first-order valence-corrected chi connectivity index (χ1v) is 7.35. The molecule has 0 saturated carbocycles. The number of furan rings is 1. The number of carbonyl (C=O) groups excluding carboxylic acids is 1. The number of carbonyl (C=O) groups is 1. The SMILES string of the molecule is Cc1ccc(-c2nc(CC(=O)NCC(C)CO)cs2)o1. The Bertz CT molecular complexity index is 576. The molecule has 0 bridgehead atoms. The van der Waals surface area contributed by atoms with Crippen LogP contribution in [0.3, 0.4) is 0 Å². The van der Waals surface area contributed by atoms with Crippen LogP contribution in [-0.2, 0) is 11.2 Å². The predicted molar refractivity (Wildman–Crippen MR) is 77.5 cm³/mol. The smallest absolute Gasteiger partial charge is 0.226 e. The van der Waals surface area contributed by atoms with Crippen LogP contribution in [0.5, 0.6) is 0 Å². The van der Waals surface area contributed by atoms with Gasteiger partial charge in [-0.05, 0) is 25.0 Å². The van der Waals surface area contributed by atoms with Gasteiger partial charge in [0.05, 0.1) is 12.1 Å². The molecule has 20 heavy (non-hydrogen) atoms. The molecule has 2 aromatic heterocycles. The molecule has 0 aliphatic rings. The number of nitrogens with one attached hydrogen (secondary N) is 1. The van der Waals surface area contributed by atoms with Crippen molar-refractivity contribution in [3.8, 4) is 10.8 Å². The molecule has 0 spiro atoms. The number of amides is 1. The average molecular weight is 294 g/mol. The third-order valence-electron chi connectivity index (χ3n) is 2.80. The number of aryl methyl sites for hydroxylation is 1. The minimum absolute atomic E-state index is 0.0658. The van der Waals surface area contributed by atoms with Crippen molar-refractivity contribution in [1.29, 1.82) is 0 Å². The summed E-state index contributed by atoms with van der Waals surface area (Å²) < 4.78 is 5.50. The van der Waals surface area contributed by atoms with E-state index in [1.165, 1.54) is 11.3 Å². The Morgan fingerprint density at radius 2 is 2.35 bits per heavy atom. The van der Waals surface area contributed by atoms with Gasteiger partial charge in [0.25, 0.3) is 0 Å². The van der Waals surface area contributed by atoms with E-state index in [0.717, 1.165) is 22.2 Å². The summed E-state index contributed by atoms with van der Waals surface area (Å²) in [5.74, 6) is 1.55. The topological polar surface area (TPSA) is 75.4 Å². The summed E-state index contributed by atoms with van der Waals surface area (Å²) >= 11 is 1.46. The van der Waals surface area contributed by atoms with Crippen LogP contribution in [0.1, 0.15) is 18.4 Å². The molecule has 1 atom stereocenters. The summed E-state index contributed by atoms with van der Waals surface area (Å²) in [6.07, 6.45) is 0.244. The molecule has 0 fully saturated rings. The summed E-state index contributed by atoms with van der Waals surface area (Å²) in [4.78, 5) is 16.1. The van der Waals surface area contributed by atoms with E-state index in [9.17, 15) is 4.79 Å². The lowest BCUT2D eigenvalue weighted by molar-refractivity contribution is -0.120. The Balaban J connectivity index is 1.91. The average Bonchev–Trinajstić information content (AvgIpc) is 3.05. The molecule has 2 aromatic rings. The first kappa shape index (κ1) is 14.7. The molecule has 2 rings (SSSR count). The van der Waals surface area contributed by atoms with E-state index in [1.54, 1.807) is 0 Å². The number of aliphatic hydroxyl groups excluding tert-OH is 1. The zero-order valence-corrected chi connectivity index (χ0v) is 12.4. The molecule has 0 aliphatic heterocycles. The number of thiazole rings is 1. The number of aliphatic hydroxyl groups is 1. The fraction of sp³-hybridized carbons (Fsp3) is 0.429. The lowest BCUT2D eigenvalue weighted by atomic mass is 10.2. The normalized spacial score (nSPS) is 12.3. The quantitative estimate of drug-likeness (QED) is 0.854. The largest absolute Gasteiger partial charge is 0.459 e. The minimum Gasteiger partial charge on any atom is -0.459 e. The van der Waals surface area contributed by atoms with Gasteiger partial charge in [0.15, 0.2) is 10.8 Å². The monoisotopic (exact) mass is 294 g/mol. The van der Waals surface area contributed by atoms with Gasteiger partial charge in [-0.2, -0.15) is 0 Å². The molecule has 0 saturated heterocycles. The van der Waals surface area contributed by atoms with Crippen LogP contribution in [0.15, 0.2) is 21.9 Å². The highest BCUT2D eigenvalue weighted by Crippen LogP contribution is 2.25. The maximum atomic E-state index is 11.7. The van der Waals surface area contributed by atoms with Crippen LogP contribution in [0.4, 0.5) is 0 Å². The van der Waals surface area contributed by atoms with E-state index in [1.807, 2.05) is 31.4 Å². The summed E-state index contributed by atoms with van der Waals surface area (Å²) in [5.41, 5.74) is 0.730. The Morgan fingerprint density at radius 3 is 3.00 bits per heavy atom. The van der Waals surface area contributed by atoms with Gasteiger partial charge in [0, 0.05) is 18.5 Å². The summed E-state index contributed by atoms with van der Waals surface area (Å²) in [5, 5.41) is 14.3. The molecule has 0 aliphatic carbocycles. The molecular weight excluding hydrogens is 276 g/mol. The molecule has 6 heteroatoms. The van der Waals surface area contributed by atoms with Crippen LogP contribution in [0.2, 0.25) is 0 Å². The third kappa shape index (κ3) is 3.91. The maximum absolute atomic E-state index is 11.7. The van der Waals surface area contributed by atoms with Gasteiger partial charge in [0.2, 0.25) is 5.91 Å². The number of rotatable bonds is 6. The van der Waals surface area contributed by atoms with Gasteiger partial charge < -0.3 is 14.8 Å². The highest BCUT2D eigenvalue weighted by molar-refractivity contribution is 7.13. The summed E-state index contributed by atoms with van der Waals surface area (Å²) in [7, 11) is 0. The van der Waals surface area contributed by atoms with E-state index in [-0.39, 0.29) is 24.9 Å². The highest BCUT2D eigenvalue weighted by Gasteiger charge is 2.11. The predicted octanol–water partition coefficient (Wildman–Crippen LogP) is 2.00. The van der Waals surface area contributed by atoms with Gasteiger partial charge in [0.1, 0.15) is 5.76 Å². The zero-order valence-electron chi connectivity index (χ0n) is 11.5. The van der Waals surface area contributed by atoms with E-state index >= 15 is 0 Å². The molecular formula is C14H18N2O3S. The van der Waals surface area contributed by atoms with Crippen LogP contribution >= 0.6 is 11.3 Å². The van der Waals surface area contributed by atoms with Gasteiger partial charge in [-0.15, -0.1) is 11.3 Å². The second kappa shape index (κ2) is 6.67. The molecule has 2 N–H and O–H groups in total. The van der Waals surface area contributed by atoms with Crippen LogP contribution in [0, 0.1) is 12.8 Å². The van der Waals surface area contributed by atoms with Crippen molar-refractivity contribution in [1.82, 2.24) is 10.3 Å².